The van der Waals surface area contributed by atoms with Crippen LogP contribution in [-0.4, -0.2) is 22.5 Å². The Kier molecular flexibility index (Phi) is 5.03. The zero-order valence-electron chi connectivity index (χ0n) is 10.2. The molecule has 0 amide bonds. The number of nitrogens with two attached hydrogens (primary N) is 1. The van der Waals surface area contributed by atoms with Crippen molar-refractivity contribution in [2.45, 2.75) is 39.8 Å². The SMILES string of the molecule is CCC(C)N(CC)Cc1nc(N)ccc1Cl. The van der Waals surface area contributed by atoms with Gasteiger partial charge in [-0.2, -0.15) is 0 Å². The summed E-state index contributed by atoms with van der Waals surface area (Å²) in [5.74, 6) is 0.527. The maximum atomic E-state index is 6.10. The number of nitrogen functional groups attached to an aromatic ring is 1. The summed E-state index contributed by atoms with van der Waals surface area (Å²) in [5, 5.41) is 0.691. The molecule has 16 heavy (non-hydrogen) atoms. The standard InChI is InChI=1S/C12H20ClN3/c1-4-9(3)16(5-2)8-11-10(13)6-7-12(14)15-11/h6-7,9H,4-5,8H2,1-3H3,(H2,14,15). The molecule has 4 heteroatoms. The normalized spacial score (nSPS) is 13.1. The third-order valence-corrected chi connectivity index (χ3v) is 3.26. The third-order valence-electron chi connectivity index (χ3n) is 2.91. The number of rotatable bonds is 5. The third kappa shape index (κ3) is 3.35. The Bertz CT molecular complexity index is 341. The van der Waals surface area contributed by atoms with Crippen LogP contribution in [0, 0.1) is 0 Å². The minimum atomic E-state index is 0.527. The predicted octanol–water partition coefficient (Wildman–Crippen LogP) is 2.94. The zero-order chi connectivity index (χ0) is 12.1. The van der Waals surface area contributed by atoms with Crippen LogP contribution in [-0.2, 0) is 6.54 Å². The highest BCUT2D eigenvalue weighted by atomic mass is 35.5. The first-order valence-electron chi connectivity index (χ1n) is 5.73. The molecular formula is C12H20ClN3. The monoisotopic (exact) mass is 241 g/mol. The van der Waals surface area contributed by atoms with Crippen LogP contribution in [0.4, 0.5) is 5.82 Å². The fraction of sp³-hybridized carbons (Fsp3) is 0.583. The molecule has 0 aliphatic rings. The first-order chi connectivity index (χ1) is 7.58. The minimum absolute atomic E-state index is 0.527. The van der Waals surface area contributed by atoms with Crippen LogP contribution < -0.4 is 5.73 Å². The second kappa shape index (κ2) is 6.06. The van der Waals surface area contributed by atoms with Crippen LogP contribution in [0.1, 0.15) is 32.9 Å². The average Bonchev–Trinajstić information content (AvgIpc) is 2.29. The summed E-state index contributed by atoms with van der Waals surface area (Å²) in [7, 11) is 0. The molecule has 0 aliphatic carbocycles. The van der Waals surface area contributed by atoms with E-state index in [-0.39, 0.29) is 0 Å². The van der Waals surface area contributed by atoms with Crippen molar-refractivity contribution in [3.63, 3.8) is 0 Å². The van der Waals surface area contributed by atoms with Gasteiger partial charge in [-0.3, -0.25) is 4.90 Å². The predicted molar refractivity (Wildman–Crippen MR) is 69.5 cm³/mol. The average molecular weight is 242 g/mol. The quantitative estimate of drug-likeness (QED) is 0.862. The Balaban J connectivity index is 2.81. The number of hydrogen-bond donors (Lipinski definition) is 1. The Morgan fingerprint density at radius 3 is 2.69 bits per heavy atom. The molecule has 3 nitrogen and oxygen atoms in total. The van der Waals surface area contributed by atoms with E-state index in [0.717, 1.165) is 25.2 Å². The maximum absolute atomic E-state index is 6.10. The molecule has 1 heterocycles. The lowest BCUT2D eigenvalue weighted by molar-refractivity contribution is 0.204. The molecule has 0 fully saturated rings. The van der Waals surface area contributed by atoms with Gasteiger partial charge in [0.25, 0.3) is 0 Å². The van der Waals surface area contributed by atoms with E-state index < -0.39 is 0 Å². The van der Waals surface area contributed by atoms with Crippen molar-refractivity contribution in [1.82, 2.24) is 9.88 Å². The van der Waals surface area contributed by atoms with Crippen molar-refractivity contribution in [3.8, 4) is 0 Å². The molecule has 0 aliphatic heterocycles. The van der Waals surface area contributed by atoms with Gasteiger partial charge in [0.15, 0.2) is 0 Å². The highest BCUT2D eigenvalue weighted by molar-refractivity contribution is 6.31. The zero-order valence-corrected chi connectivity index (χ0v) is 11.0. The van der Waals surface area contributed by atoms with Gasteiger partial charge in [-0.25, -0.2) is 4.98 Å². The molecule has 1 unspecified atom stereocenters. The van der Waals surface area contributed by atoms with Crippen molar-refractivity contribution >= 4 is 17.4 Å². The van der Waals surface area contributed by atoms with Gasteiger partial charge in [0, 0.05) is 12.6 Å². The lowest BCUT2D eigenvalue weighted by Crippen LogP contribution is -2.32. The second-order valence-corrected chi connectivity index (χ2v) is 4.39. The summed E-state index contributed by atoms with van der Waals surface area (Å²) in [6.07, 6.45) is 1.12. The highest BCUT2D eigenvalue weighted by Crippen LogP contribution is 2.18. The molecule has 1 atom stereocenters. The molecule has 0 spiro atoms. The van der Waals surface area contributed by atoms with Gasteiger partial charge in [-0.15, -0.1) is 0 Å². The molecule has 0 bridgehead atoms. The summed E-state index contributed by atoms with van der Waals surface area (Å²) in [4.78, 5) is 6.62. The smallest absolute Gasteiger partial charge is 0.123 e. The summed E-state index contributed by atoms with van der Waals surface area (Å²) in [6.45, 7) is 8.29. The van der Waals surface area contributed by atoms with Crippen molar-refractivity contribution in [3.05, 3.63) is 22.8 Å². The van der Waals surface area contributed by atoms with E-state index in [2.05, 4.69) is 30.7 Å². The maximum Gasteiger partial charge on any atom is 0.123 e. The first kappa shape index (κ1) is 13.3. The molecule has 2 N–H and O–H groups in total. The van der Waals surface area contributed by atoms with Gasteiger partial charge in [0.1, 0.15) is 5.82 Å². The fourth-order valence-corrected chi connectivity index (χ4v) is 1.81. The number of pyridine rings is 1. The minimum Gasteiger partial charge on any atom is -0.384 e. The summed E-state index contributed by atoms with van der Waals surface area (Å²) in [6, 6.07) is 4.07. The molecule has 0 radical (unpaired) electrons. The van der Waals surface area contributed by atoms with Crippen LogP contribution in [0.25, 0.3) is 0 Å². The van der Waals surface area contributed by atoms with Gasteiger partial charge in [-0.05, 0) is 32.0 Å². The lowest BCUT2D eigenvalue weighted by Gasteiger charge is -2.26. The summed E-state index contributed by atoms with van der Waals surface area (Å²) >= 11 is 6.10. The van der Waals surface area contributed by atoms with Crippen molar-refractivity contribution in [2.75, 3.05) is 12.3 Å². The van der Waals surface area contributed by atoms with E-state index in [1.807, 2.05) is 6.07 Å². The summed E-state index contributed by atoms with van der Waals surface area (Å²) < 4.78 is 0. The molecule has 1 aromatic heterocycles. The molecular weight excluding hydrogens is 222 g/mol. The van der Waals surface area contributed by atoms with Crippen LogP contribution in [0.3, 0.4) is 0 Å². The molecule has 0 saturated heterocycles. The second-order valence-electron chi connectivity index (χ2n) is 3.99. The Morgan fingerprint density at radius 1 is 1.44 bits per heavy atom. The van der Waals surface area contributed by atoms with E-state index >= 15 is 0 Å². The van der Waals surface area contributed by atoms with Crippen molar-refractivity contribution in [2.24, 2.45) is 0 Å². The van der Waals surface area contributed by atoms with Crippen LogP contribution >= 0.6 is 11.6 Å². The number of aromatic nitrogens is 1. The largest absolute Gasteiger partial charge is 0.384 e. The Labute approximate surface area is 103 Å². The van der Waals surface area contributed by atoms with Crippen molar-refractivity contribution < 1.29 is 0 Å². The van der Waals surface area contributed by atoms with Crippen molar-refractivity contribution in [1.29, 1.82) is 0 Å². The number of hydrogen-bond acceptors (Lipinski definition) is 3. The van der Waals surface area contributed by atoms with Gasteiger partial charge in [0.05, 0.1) is 10.7 Å². The molecule has 0 aromatic carbocycles. The van der Waals surface area contributed by atoms with Crippen LogP contribution in [0.2, 0.25) is 5.02 Å². The van der Waals surface area contributed by atoms with Crippen LogP contribution in [0.15, 0.2) is 12.1 Å². The topological polar surface area (TPSA) is 42.2 Å². The van der Waals surface area contributed by atoms with Gasteiger partial charge >= 0.3 is 0 Å². The first-order valence-corrected chi connectivity index (χ1v) is 6.11. The van der Waals surface area contributed by atoms with E-state index in [9.17, 15) is 0 Å². The van der Waals surface area contributed by atoms with E-state index in [4.69, 9.17) is 17.3 Å². The van der Waals surface area contributed by atoms with E-state index in [1.165, 1.54) is 0 Å². The molecule has 1 aromatic rings. The fourth-order valence-electron chi connectivity index (χ4n) is 1.64. The van der Waals surface area contributed by atoms with Crippen LogP contribution in [0.5, 0.6) is 0 Å². The molecule has 1 rings (SSSR count). The van der Waals surface area contributed by atoms with Gasteiger partial charge in [-0.1, -0.05) is 25.4 Å². The van der Waals surface area contributed by atoms with Gasteiger partial charge < -0.3 is 5.73 Å². The highest BCUT2D eigenvalue weighted by Gasteiger charge is 2.13. The number of anilines is 1. The van der Waals surface area contributed by atoms with E-state index in [0.29, 0.717) is 16.9 Å². The summed E-state index contributed by atoms with van der Waals surface area (Å²) in [5.41, 5.74) is 6.53. The lowest BCUT2D eigenvalue weighted by atomic mass is 10.2. The van der Waals surface area contributed by atoms with Gasteiger partial charge in [0.2, 0.25) is 0 Å². The molecule has 90 valence electrons. The Hall–Kier alpha value is -0.800. The molecule has 0 saturated carbocycles. The number of nitrogens with zero attached hydrogens (tertiary/aromatic N) is 2. The van der Waals surface area contributed by atoms with E-state index in [1.54, 1.807) is 6.07 Å². The Morgan fingerprint density at radius 2 is 2.12 bits per heavy atom. The number of halogens is 1.